The Morgan fingerprint density at radius 1 is 1.33 bits per heavy atom. The maximum atomic E-state index is 12.1. The van der Waals surface area contributed by atoms with Crippen molar-refractivity contribution in [1.29, 1.82) is 0 Å². The van der Waals surface area contributed by atoms with E-state index in [2.05, 4.69) is 19.2 Å². The van der Waals surface area contributed by atoms with Crippen LogP contribution in [0.2, 0.25) is 0 Å². The maximum absolute atomic E-state index is 12.1. The molecule has 1 unspecified atom stereocenters. The largest absolute Gasteiger partial charge is 0.491 e. The first-order valence-electron chi connectivity index (χ1n) is 7.31. The predicted octanol–water partition coefficient (Wildman–Crippen LogP) is 2.41. The molecule has 1 atom stereocenters. The van der Waals surface area contributed by atoms with E-state index < -0.39 is 6.04 Å². The minimum atomic E-state index is -0.543. The van der Waals surface area contributed by atoms with Crippen LogP contribution < -0.4 is 15.8 Å². The molecule has 5 nitrogen and oxygen atoms in total. The Balaban J connectivity index is 2.58. The lowest BCUT2D eigenvalue weighted by Crippen LogP contribution is -2.35. The summed E-state index contributed by atoms with van der Waals surface area (Å²) in [5.74, 6) is 0.889. The van der Waals surface area contributed by atoms with Gasteiger partial charge in [-0.2, -0.15) is 0 Å². The van der Waals surface area contributed by atoms with Gasteiger partial charge in [-0.05, 0) is 30.9 Å². The molecule has 0 spiro atoms. The maximum Gasteiger partial charge on any atom is 0.241 e. The molecule has 0 aromatic heterocycles. The van der Waals surface area contributed by atoms with E-state index in [4.69, 9.17) is 15.2 Å². The zero-order valence-corrected chi connectivity index (χ0v) is 13.1. The first-order valence-corrected chi connectivity index (χ1v) is 7.31. The summed E-state index contributed by atoms with van der Waals surface area (Å²) < 4.78 is 10.7. The Morgan fingerprint density at radius 2 is 2.05 bits per heavy atom. The van der Waals surface area contributed by atoms with Gasteiger partial charge in [0, 0.05) is 13.7 Å². The van der Waals surface area contributed by atoms with Crippen molar-refractivity contribution in [2.45, 2.75) is 32.7 Å². The molecule has 0 bridgehead atoms. The average Bonchev–Trinajstić information content (AvgIpc) is 2.46. The van der Waals surface area contributed by atoms with E-state index in [0.29, 0.717) is 37.0 Å². The van der Waals surface area contributed by atoms with Crippen LogP contribution in [0.5, 0.6) is 5.75 Å². The quantitative estimate of drug-likeness (QED) is 0.686. The zero-order chi connectivity index (χ0) is 15.7. The highest BCUT2D eigenvalue weighted by molar-refractivity contribution is 5.95. The number of carbonyl (C=O) groups is 1. The van der Waals surface area contributed by atoms with Crippen LogP contribution >= 0.6 is 0 Å². The Kier molecular flexibility index (Phi) is 7.79. The summed E-state index contributed by atoms with van der Waals surface area (Å²) in [6, 6.07) is 6.85. The van der Waals surface area contributed by atoms with Gasteiger partial charge in [0.15, 0.2) is 0 Å². The monoisotopic (exact) mass is 294 g/mol. The van der Waals surface area contributed by atoms with Gasteiger partial charge in [0.05, 0.1) is 18.3 Å². The first kappa shape index (κ1) is 17.5. The van der Waals surface area contributed by atoms with Crippen molar-refractivity contribution in [2.24, 2.45) is 11.7 Å². The number of nitrogens with one attached hydrogen (secondary N) is 1. The van der Waals surface area contributed by atoms with Crippen molar-refractivity contribution >= 4 is 11.6 Å². The fourth-order valence-corrected chi connectivity index (χ4v) is 1.76. The Labute approximate surface area is 126 Å². The molecule has 118 valence electrons. The Bertz CT molecular complexity index is 435. The lowest BCUT2D eigenvalue weighted by atomic mass is 10.1. The van der Waals surface area contributed by atoms with Crippen LogP contribution in [0.25, 0.3) is 0 Å². The van der Waals surface area contributed by atoms with Gasteiger partial charge in [-0.1, -0.05) is 26.0 Å². The van der Waals surface area contributed by atoms with E-state index >= 15 is 0 Å². The molecule has 3 N–H and O–H groups in total. The molecule has 0 aliphatic carbocycles. The van der Waals surface area contributed by atoms with Crippen LogP contribution in [0.1, 0.15) is 26.7 Å². The lowest BCUT2D eigenvalue weighted by molar-refractivity contribution is -0.117. The number of rotatable bonds is 9. The van der Waals surface area contributed by atoms with Crippen LogP contribution in [0, 0.1) is 5.92 Å². The van der Waals surface area contributed by atoms with E-state index in [9.17, 15) is 4.79 Å². The summed E-state index contributed by atoms with van der Waals surface area (Å²) in [6.07, 6.45) is 1.35. The van der Waals surface area contributed by atoms with Crippen molar-refractivity contribution in [3.05, 3.63) is 24.3 Å². The highest BCUT2D eigenvalue weighted by Gasteiger charge is 2.15. The first-order chi connectivity index (χ1) is 10.0. The summed E-state index contributed by atoms with van der Waals surface area (Å²) in [6.45, 7) is 5.36. The molecule has 0 saturated heterocycles. The van der Waals surface area contributed by atoms with Gasteiger partial charge in [0.25, 0.3) is 0 Å². The summed E-state index contributed by atoms with van der Waals surface area (Å²) in [5, 5.41) is 2.83. The van der Waals surface area contributed by atoms with Gasteiger partial charge in [0.1, 0.15) is 5.75 Å². The molecule has 0 radical (unpaired) electrons. The Morgan fingerprint density at radius 3 is 2.71 bits per heavy atom. The van der Waals surface area contributed by atoms with Crippen molar-refractivity contribution < 1.29 is 14.3 Å². The number of hydrogen-bond donors (Lipinski definition) is 2. The summed E-state index contributed by atoms with van der Waals surface area (Å²) >= 11 is 0. The molecule has 1 aromatic carbocycles. The number of nitrogens with two attached hydrogens (primary N) is 1. The lowest BCUT2D eigenvalue weighted by Gasteiger charge is -2.16. The van der Waals surface area contributed by atoms with Crippen LogP contribution in [0.3, 0.4) is 0 Å². The van der Waals surface area contributed by atoms with Crippen LogP contribution in [0.4, 0.5) is 5.69 Å². The number of ether oxygens (including phenoxy) is 2. The van der Waals surface area contributed by atoms with Crippen LogP contribution in [-0.4, -0.2) is 32.3 Å². The van der Waals surface area contributed by atoms with E-state index in [0.717, 1.165) is 6.42 Å². The third-order valence-electron chi connectivity index (χ3n) is 2.92. The van der Waals surface area contributed by atoms with Gasteiger partial charge in [-0.25, -0.2) is 0 Å². The standard InChI is InChI=1S/C16H26N2O3/c1-12(2)11-21-15-9-5-4-8-14(15)18-16(19)13(17)7-6-10-20-3/h4-5,8-9,12-13H,6-7,10-11,17H2,1-3H3,(H,18,19). The molecule has 1 aromatic rings. The SMILES string of the molecule is COCCCC(N)C(=O)Nc1ccccc1OCC(C)C. The molecule has 0 saturated carbocycles. The Hall–Kier alpha value is -1.59. The van der Waals surface area contributed by atoms with Gasteiger partial charge in [0.2, 0.25) is 5.91 Å². The minimum Gasteiger partial charge on any atom is -0.491 e. The van der Waals surface area contributed by atoms with Crippen LogP contribution in [0.15, 0.2) is 24.3 Å². The zero-order valence-electron chi connectivity index (χ0n) is 13.1. The van der Waals surface area contributed by atoms with E-state index in [1.807, 2.05) is 24.3 Å². The minimum absolute atomic E-state index is 0.202. The highest BCUT2D eigenvalue weighted by Crippen LogP contribution is 2.24. The normalized spacial score (nSPS) is 12.2. The van der Waals surface area contributed by atoms with Crippen LogP contribution in [-0.2, 0) is 9.53 Å². The number of benzene rings is 1. The second-order valence-electron chi connectivity index (χ2n) is 5.43. The topological polar surface area (TPSA) is 73.6 Å². The number of anilines is 1. The third kappa shape index (κ3) is 6.60. The summed E-state index contributed by atoms with van der Waals surface area (Å²) in [4.78, 5) is 12.1. The third-order valence-corrected chi connectivity index (χ3v) is 2.92. The molecule has 1 amide bonds. The summed E-state index contributed by atoms with van der Waals surface area (Å²) in [5.41, 5.74) is 6.53. The molecule has 0 aliphatic rings. The van der Waals surface area contributed by atoms with Gasteiger partial charge >= 0.3 is 0 Å². The molecule has 5 heteroatoms. The highest BCUT2D eigenvalue weighted by atomic mass is 16.5. The van der Waals surface area contributed by atoms with E-state index in [1.165, 1.54) is 0 Å². The number of methoxy groups -OCH3 is 1. The molecular weight excluding hydrogens is 268 g/mol. The second-order valence-corrected chi connectivity index (χ2v) is 5.43. The van der Waals surface area contributed by atoms with Crippen molar-refractivity contribution in [3.8, 4) is 5.75 Å². The summed E-state index contributed by atoms with van der Waals surface area (Å²) in [7, 11) is 1.63. The predicted molar refractivity (Wildman–Crippen MR) is 84.5 cm³/mol. The molecule has 0 fully saturated rings. The van der Waals surface area contributed by atoms with Gasteiger partial charge in [-0.3, -0.25) is 4.79 Å². The molecule has 0 aliphatic heterocycles. The van der Waals surface area contributed by atoms with Gasteiger partial charge in [-0.15, -0.1) is 0 Å². The van der Waals surface area contributed by atoms with Crippen molar-refractivity contribution in [2.75, 3.05) is 25.6 Å². The number of amides is 1. The molecule has 1 rings (SSSR count). The van der Waals surface area contributed by atoms with Crippen molar-refractivity contribution in [1.82, 2.24) is 0 Å². The van der Waals surface area contributed by atoms with E-state index in [-0.39, 0.29) is 5.91 Å². The number of para-hydroxylation sites is 2. The number of hydrogen-bond acceptors (Lipinski definition) is 4. The fraction of sp³-hybridized carbons (Fsp3) is 0.562. The molecule has 21 heavy (non-hydrogen) atoms. The molecular formula is C16H26N2O3. The number of carbonyl (C=O) groups excluding carboxylic acids is 1. The fourth-order valence-electron chi connectivity index (χ4n) is 1.76. The van der Waals surface area contributed by atoms with Crippen molar-refractivity contribution in [3.63, 3.8) is 0 Å². The van der Waals surface area contributed by atoms with Gasteiger partial charge < -0.3 is 20.5 Å². The molecule has 0 heterocycles. The average molecular weight is 294 g/mol. The second kappa shape index (κ2) is 9.37. The van der Waals surface area contributed by atoms with E-state index in [1.54, 1.807) is 7.11 Å². The smallest absolute Gasteiger partial charge is 0.241 e.